The zero-order valence-electron chi connectivity index (χ0n) is 21.8. The Morgan fingerprint density at radius 2 is 1.75 bits per heavy atom. The van der Waals surface area contributed by atoms with E-state index in [1.807, 2.05) is 66.0 Å². The minimum absolute atomic E-state index is 0.00635. The lowest BCUT2D eigenvalue weighted by atomic mass is 10.2. The van der Waals surface area contributed by atoms with Crippen LogP contribution in [0.2, 0.25) is 0 Å². The van der Waals surface area contributed by atoms with Crippen LogP contribution in [0.3, 0.4) is 0 Å². The van der Waals surface area contributed by atoms with E-state index in [1.165, 1.54) is 5.56 Å². The molecule has 0 aliphatic carbocycles. The van der Waals surface area contributed by atoms with Crippen LogP contribution in [0.15, 0.2) is 102 Å². The Morgan fingerprint density at radius 1 is 0.900 bits per heavy atom. The minimum Gasteiger partial charge on any atom is -0.395 e. The average Bonchev–Trinajstić information content (AvgIpc) is 3.61. The SMILES string of the molecule is OCCN(/C=C1\CN(c2ccc3ncnc(Nc4ccc5c(c4)ncn5Cc4ccccc4)c3c2)N=N1)CCO. The third-order valence-corrected chi connectivity index (χ3v) is 6.70. The van der Waals surface area contributed by atoms with E-state index in [0.717, 1.165) is 45.6 Å². The number of benzene rings is 3. The molecule has 0 saturated heterocycles. The molecular formula is C29H29N9O2. The largest absolute Gasteiger partial charge is 0.395 e. The van der Waals surface area contributed by atoms with Gasteiger partial charge in [-0.3, -0.25) is 0 Å². The second-order valence-electron chi connectivity index (χ2n) is 9.46. The van der Waals surface area contributed by atoms with Crippen LogP contribution in [0.1, 0.15) is 5.56 Å². The molecule has 1 aliphatic heterocycles. The van der Waals surface area contributed by atoms with Gasteiger partial charge in [0.15, 0.2) is 0 Å². The third-order valence-electron chi connectivity index (χ3n) is 6.70. The lowest BCUT2D eigenvalue weighted by Gasteiger charge is -2.18. The summed E-state index contributed by atoms with van der Waals surface area (Å²) in [5, 5.41) is 33.2. The van der Waals surface area contributed by atoms with E-state index in [-0.39, 0.29) is 13.2 Å². The fourth-order valence-corrected chi connectivity index (χ4v) is 4.74. The third kappa shape index (κ3) is 5.46. The van der Waals surface area contributed by atoms with Gasteiger partial charge in [-0.1, -0.05) is 35.6 Å². The molecular weight excluding hydrogens is 506 g/mol. The molecule has 3 N–H and O–H groups in total. The van der Waals surface area contributed by atoms with E-state index >= 15 is 0 Å². The zero-order valence-corrected chi connectivity index (χ0v) is 21.8. The van der Waals surface area contributed by atoms with Gasteiger partial charge < -0.3 is 25.0 Å². The van der Waals surface area contributed by atoms with Crippen molar-refractivity contribution >= 4 is 39.1 Å². The maximum absolute atomic E-state index is 9.27. The monoisotopic (exact) mass is 535 g/mol. The highest BCUT2D eigenvalue weighted by atomic mass is 16.3. The molecule has 0 saturated carbocycles. The van der Waals surface area contributed by atoms with Crippen molar-refractivity contribution in [3.63, 3.8) is 0 Å². The fourth-order valence-electron chi connectivity index (χ4n) is 4.74. The van der Waals surface area contributed by atoms with Crippen molar-refractivity contribution in [2.45, 2.75) is 6.54 Å². The zero-order chi connectivity index (χ0) is 27.3. The fraction of sp³-hybridized carbons (Fsp3) is 0.207. The second-order valence-corrected chi connectivity index (χ2v) is 9.46. The summed E-state index contributed by atoms with van der Waals surface area (Å²) in [5.74, 6) is 0.680. The number of fused-ring (bicyclic) bond motifs is 2. The summed E-state index contributed by atoms with van der Waals surface area (Å²) in [6.45, 7) is 2.05. The Labute approximate surface area is 230 Å². The topological polar surface area (TPSA) is 127 Å². The summed E-state index contributed by atoms with van der Waals surface area (Å²) >= 11 is 0. The van der Waals surface area contributed by atoms with E-state index in [4.69, 9.17) is 0 Å². The Hall–Kier alpha value is -4.87. The Balaban J connectivity index is 1.22. The van der Waals surface area contributed by atoms with Crippen molar-refractivity contribution in [3.8, 4) is 0 Å². The average molecular weight is 536 g/mol. The van der Waals surface area contributed by atoms with Gasteiger partial charge in [-0.15, -0.1) is 5.11 Å². The van der Waals surface area contributed by atoms with Crippen molar-refractivity contribution in [1.82, 2.24) is 24.4 Å². The highest BCUT2D eigenvalue weighted by Gasteiger charge is 2.17. The summed E-state index contributed by atoms with van der Waals surface area (Å²) in [7, 11) is 0. The van der Waals surface area contributed by atoms with Gasteiger partial charge in [0.05, 0.1) is 48.3 Å². The maximum Gasteiger partial charge on any atom is 0.141 e. The van der Waals surface area contributed by atoms with Crippen LogP contribution in [0.5, 0.6) is 0 Å². The van der Waals surface area contributed by atoms with Gasteiger partial charge in [-0.05, 0) is 42.0 Å². The molecule has 0 spiro atoms. The van der Waals surface area contributed by atoms with Crippen LogP contribution in [-0.2, 0) is 6.54 Å². The summed E-state index contributed by atoms with van der Waals surface area (Å²) in [5.41, 5.74) is 6.45. The molecule has 3 heterocycles. The predicted molar refractivity (Wildman–Crippen MR) is 154 cm³/mol. The van der Waals surface area contributed by atoms with E-state index in [0.29, 0.717) is 25.5 Å². The number of aliphatic hydroxyl groups is 2. The molecule has 202 valence electrons. The van der Waals surface area contributed by atoms with Gasteiger partial charge in [0.25, 0.3) is 0 Å². The summed E-state index contributed by atoms with van der Waals surface area (Å²) in [6.07, 6.45) is 5.24. The molecule has 0 bridgehead atoms. The van der Waals surface area contributed by atoms with Crippen molar-refractivity contribution in [1.29, 1.82) is 0 Å². The van der Waals surface area contributed by atoms with Crippen LogP contribution >= 0.6 is 0 Å². The minimum atomic E-state index is -0.00635. The van der Waals surface area contributed by atoms with Gasteiger partial charge in [-0.2, -0.15) is 0 Å². The van der Waals surface area contributed by atoms with Gasteiger partial charge in [0, 0.05) is 36.9 Å². The van der Waals surface area contributed by atoms with Crippen LogP contribution in [0, 0.1) is 0 Å². The molecule has 2 aromatic heterocycles. The molecule has 1 aliphatic rings. The van der Waals surface area contributed by atoms with E-state index in [9.17, 15) is 10.2 Å². The molecule has 0 atom stereocenters. The Morgan fingerprint density at radius 3 is 2.58 bits per heavy atom. The Bertz CT molecular complexity index is 1680. The number of aromatic nitrogens is 4. The summed E-state index contributed by atoms with van der Waals surface area (Å²) < 4.78 is 2.14. The molecule has 0 fully saturated rings. The first-order chi connectivity index (χ1) is 19.7. The standard InChI is InChI=1S/C29H29N9O2/c39-12-10-36(11-13-40)17-23-18-38(35-34-23)24-7-8-26-25(15-24)29(31-19-30-26)33-22-6-9-28-27(14-22)32-20-37(28)16-21-4-2-1-3-5-21/h1-9,14-15,17,19-20,39-40H,10-13,16,18H2,(H,30,31,33)/b23-17+. The molecule has 0 amide bonds. The normalized spacial score (nSPS) is 14.1. The first-order valence-corrected chi connectivity index (χ1v) is 13.1. The molecule has 11 heteroatoms. The number of nitrogens with one attached hydrogen (secondary N) is 1. The first-order valence-electron chi connectivity index (χ1n) is 13.1. The molecule has 0 unspecified atom stereocenters. The molecule has 5 aromatic rings. The highest BCUT2D eigenvalue weighted by molar-refractivity contribution is 5.93. The highest BCUT2D eigenvalue weighted by Crippen LogP contribution is 2.30. The summed E-state index contributed by atoms with van der Waals surface area (Å²) in [6, 6.07) is 22.3. The quantitative estimate of drug-likeness (QED) is 0.244. The number of aliphatic hydroxyl groups excluding tert-OH is 2. The number of imidazole rings is 1. The van der Waals surface area contributed by atoms with Gasteiger partial charge >= 0.3 is 0 Å². The van der Waals surface area contributed by atoms with Crippen molar-refractivity contribution in [2.75, 3.05) is 43.2 Å². The van der Waals surface area contributed by atoms with Crippen LogP contribution in [0.4, 0.5) is 17.2 Å². The lowest BCUT2D eigenvalue weighted by Crippen LogP contribution is -2.25. The molecule has 40 heavy (non-hydrogen) atoms. The first kappa shape index (κ1) is 25.4. The number of hydrogen-bond donors (Lipinski definition) is 3. The molecule has 3 aromatic carbocycles. The number of nitrogens with zero attached hydrogens (tertiary/aromatic N) is 8. The van der Waals surface area contributed by atoms with Gasteiger partial charge in [0.2, 0.25) is 0 Å². The van der Waals surface area contributed by atoms with Gasteiger partial charge in [0.1, 0.15) is 17.8 Å². The lowest BCUT2D eigenvalue weighted by molar-refractivity contribution is 0.198. The smallest absolute Gasteiger partial charge is 0.141 e. The molecule has 11 nitrogen and oxygen atoms in total. The van der Waals surface area contributed by atoms with Crippen LogP contribution < -0.4 is 10.3 Å². The van der Waals surface area contributed by atoms with Crippen molar-refractivity contribution in [3.05, 3.63) is 96.8 Å². The predicted octanol–water partition coefficient (Wildman–Crippen LogP) is 4.09. The van der Waals surface area contributed by atoms with E-state index in [2.05, 4.69) is 53.4 Å². The molecule has 0 radical (unpaired) electrons. The number of hydrogen-bond acceptors (Lipinski definition) is 10. The van der Waals surface area contributed by atoms with E-state index < -0.39 is 0 Å². The molecule has 6 rings (SSSR count). The van der Waals surface area contributed by atoms with Crippen molar-refractivity contribution < 1.29 is 10.2 Å². The van der Waals surface area contributed by atoms with Crippen molar-refractivity contribution in [2.24, 2.45) is 10.3 Å². The Kier molecular flexibility index (Phi) is 7.29. The van der Waals surface area contributed by atoms with Gasteiger partial charge in [-0.25, -0.2) is 20.0 Å². The maximum atomic E-state index is 9.27. The number of rotatable bonds is 10. The van der Waals surface area contributed by atoms with Crippen LogP contribution in [0.25, 0.3) is 21.9 Å². The number of anilines is 3. The summed E-state index contributed by atoms with van der Waals surface area (Å²) in [4.78, 5) is 15.4. The van der Waals surface area contributed by atoms with Crippen LogP contribution in [-0.4, -0.2) is 67.5 Å². The van der Waals surface area contributed by atoms with E-state index in [1.54, 1.807) is 11.3 Å². The second kappa shape index (κ2) is 11.5.